The highest BCUT2D eigenvalue weighted by Crippen LogP contribution is 2.20. The molecule has 0 unspecified atom stereocenters. The van der Waals surface area contributed by atoms with Crippen LogP contribution in [-0.2, 0) is 17.8 Å². The van der Waals surface area contributed by atoms with Gasteiger partial charge in [-0.2, -0.15) is 5.10 Å². The normalized spacial score (nSPS) is 11.0. The van der Waals surface area contributed by atoms with Gasteiger partial charge in [-0.05, 0) is 55.3 Å². The lowest BCUT2D eigenvalue weighted by Crippen LogP contribution is -2.08. The largest absolute Gasteiger partial charge is 0.457 e. The van der Waals surface area contributed by atoms with Crippen LogP contribution in [0.2, 0.25) is 0 Å². The Morgan fingerprint density at radius 1 is 1.10 bits per heavy atom. The molecule has 0 N–H and O–H groups in total. The first-order chi connectivity index (χ1) is 14.0. The maximum atomic E-state index is 12.5. The molecule has 0 aliphatic rings. The van der Waals surface area contributed by atoms with Crippen LogP contribution in [0.4, 0.5) is 0 Å². The molecule has 0 fully saturated rings. The molecule has 0 aliphatic carbocycles. The Morgan fingerprint density at radius 2 is 1.90 bits per heavy atom. The molecule has 0 aliphatic heterocycles. The predicted molar refractivity (Wildman–Crippen MR) is 109 cm³/mol. The minimum absolute atomic E-state index is 0.00752. The van der Waals surface area contributed by atoms with Gasteiger partial charge in [0.1, 0.15) is 12.2 Å². The Bertz CT molecular complexity index is 1240. The van der Waals surface area contributed by atoms with E-state index in [1.807, 2.05) is 50.2 Å². The second-order valence-electron chi connectivity index (χ2n) is 6.78. The number of aromatic nitrogens is 2. The lowest BCUT2D eigenvalue weighted by molar-refractivity contribution is 0.0474. The lowest BCUT2D eigenvalue weighted by atomic mass is 10.1. The van der Waals surface area contributed by atoms with Crippen molar-refractivity contribution >= 4 is 16.9 Å². The van der Waals surface area contributed by atoms with E-state index < -0.39 is 11.6 Å². The smallest absolute Gasteiger partial charge is 0.338 e. The van der Waals surface area contributed by atoms with Crippen LogP contribution in [0.15, 0.2) is 70.0 Å². The van der Waals surface area contributed by atoms with Crippen molar-refractivity contribution in [2.75, 3.05) is 0 Å². The van der Waals surface area contributed by atoms with E-state index in [-0.39, 0.29) is 6.61 Å². The van der Waals surface area contributed by atoms with Crippen LogP contribution in [0.1, 0.15) is 34.1 Å². The second-order valence-corrected chi connectivity index (χ2v) is 6.78. The van der Waals surface area contributed by atoms with Crippen molar-refractivity contribution in [1.29, 1.82) is 0 Å². The van der Waals surface area contributed by atoms with Crippen LogP contribution in [0.25, 0.3) is 16.7 Å². The van der Waals surface area contributed by atoms with Crippen LogP contribution in [0, 0.1) is 6.92 Å². The topological polar surface area (TPSA) is 74.3 Å². The highest BCUT2D eigenvalue weighted by Gasteiger charge is 2.12. The molecular formula is C23H20N2O4. The zero-order valence-corrected chi connectivity index (χ0v) is 16.2. The molecule has 6 nitrogen and oxygen atoms in total. The van der Waals surface area contributed by atoms with Crippen molar-refractivity contribution in [2.45, 2.75) is 26.9 Å². The van der Waals surface area contributed by atoms with Gasteiger partial charge in [-0.1, -0.05) is 19.1 Å². The fraction of sp³-hybridized carbons (Fsp3) is 0.174. The number of aryl methyl sites for hydroxylation is 2. The number of rotatable bonds is 5. The third-order valence-electron chi connectivity index (χ3n) is 4.84. The van der Waals surface area contributed by atoms with E-state index in [9.17, 15) is 9.59 Å². The molecule has 4 aromatic rings. The SMILES string of the molecule is CCc1ccc2c(COC(=O)c3ccc(-n4nccc4C)cc3)cc(=O)oc2c1. The summed E-state index contributed by atoms with van der Waals surface area (Å²) < 4.78 is 12.5. The summed E-state index contributed by atoms with van der Waals surface area (Å²) >= 11 is 0. The lowest BCUT2D eigenvalue weighted by Gasteiger charge is -2.09. The van der Waals surface area contributed by atoms with Gasteiger partial charge < -0.3 is 9.15 Å². The minimum atomic E-state index is -0.462. The summed E-state index contributed by atoms with van der Waals surface area (Å²) in [4.78, 5) is 24.3. The number of carbonyl (C=O) groups excluding carboxylic acids is 1. The Morgan fingerprint density at radius 3 is 2.59 bits per heavy atom. The number of fused-ring (bicyclic) bond motifs is 1. The molecule has 0 amide bonds. The van der Waals surface area contributed by atoms with Gasteiger partial charge in [-0.25, -0.2) is 14.3 Å². The van der Waals surface area contributed by atoms with Crippen LogP contribution in [0.5, 0.6) is 0 Å². The molecule has 2 aromatic carbocycles. The van der Waals surface area contributed by atoms with Gasteiger partial charge in [0.25, 0.3) is 0 Å². The second kappa shape index (κ2) is 7.75. The summed E-state index contributed by atoms with van der Waals surface area (Å²) in [7, 11) is 0. The fourth-order valence-electron chi connectivity index (χ4n) is 3.22. The van der Waals surface area contributed by atoms with Crippen LogP contribution in [0.3, 0.4) is 0 Å². The van der Waals surface area contributed by atoms with Crippen molar-refractivity contribution in [1.82, 2.24) is 9.78 Å². The van der Waals surface area contributed by atoms with Gasteiger partial charge in [-0.3, -0.25) is 0 Å². The molecule has 29 heavy (non-hydrogen) atoms. The number of ether oxygens (including phenoxy) is 1. The summed E-state index contributed by atoms with van der Waals surface area (Å²) in [6, 6.07) is 16.0. The van der Waals surface area contributed by atoms with E-state index in [1.165, 1.54) is 6.07 Å². The molecule has 0 atom stereocenters. The third kappa shape index (κ3) is 3.82. The van der Waals surface area contributed by atoms with E-state index >= 15 is 0 Å². The summed E-state index contributed by atoms with van der Waals surface area (Å²) in [6.45, 7) is 3.98. The Kier molecular flexibility index (Phi) is 4.99. The average molecular weight is 388 g/mol. The zero-order chi connectivity index (χ0) is 20.4. The summed E-state index contributed by atoms with van der Waals surface area (Å²) in [5.74, 6) is -0.458. The van der Waals surface area contributed by atoms with Gasteiger partial charge in [0.2, 0.25) is 0 Å². The number of benzene rings is 2. The van der Waals surface area contributed by atoms with E-state index in [4.69, 9.17) is 9.15 Å². The minimum Gasteiger partial charge on any atom is -0.457 e. The Hall–Kier alpha value is -3.67. The average Bonchev–Trinajstić information content (AvgIpc) is 3.17. The molecule has 2 aromatic heterocycles. The van der Waals surface area contributed by atoms with E-state index in [0.717, 1.165) is 28.8 Å². The van der Waals surface area contributed by atoms with Crippen LogP contribution in [-0.4, -0.2) is 15.7 Å². The summed E-state index contributed by atoms with van der Waals surface area (Å²) in [6.07, 6.45) is 2.56. The molecule has 0 radical (unpaired) electrons. The Balaban J connectivity index is 1.52. The molecule has 0 saturated carbocycles. The number of hydrogen-bond donors (Lipinski definition) is 0. The highest BCUT2D eigenvalue weighted by molar-refractivity contribution is 5.90. The first kappa shape index (κ1) is 18.7. The van der Waals surface area contributed by atoms with Crippen LogP contribution < -0.4 is 5.63 Å². The molecule has 146 valence electrons. The summed E-state index contributed by atoms with van der Waals surface area (Å²) in [5.41, 5.74) is 4.03. The van der Waals surface area contributed by atoms with Crippen molar-refractivity contribution in [3.05, 3.63) is 93.6 Å². The molecule has 0 saturated heterocycles. The number of carbonyl (C=O) groups is 1. The quantitative estimate of drug-likeness (QED) is 0.378. The van der Waals surface area contributed by atoms with Gasteiger partial charge in [-0.15, -0.1) is 0 Å². The van der Waals surface area contributed by atoms with Crippen molar-refractivity contribution < 1.29 is 13.9 Å². The van der Waals surface area contributed by atoms with Gasteiger partial charge >= 0.3 is 11.6 Å². The van der Waals surface area contributed by atoms with E-state index in [2.05, 4.69) is 5.10 Å². The predicted octanol–water partition coefficient (Wildman–Crippen LogP) is 4.21. The van der Waals surface area contributed by atoms with Gasteiger partial charge in [0.05, 0.1) is 11.3 Å². The standard InChI is InChI=1S/C23H20N2O4/c1-3-16-4-9-20-18(13-22(26)29-21(20)12-16)14-28-23(27)17-5-7-19(8-6-17)25-15(2)10-11-24-25/h4-13H,3,14H2,1-2H3. The molecule has 0 spiro atoms. The van der Waals surface area contributed by atoms with Crippen LogP contribution >= 0.6 is 0 Å². The van der Waals surface area contributed by atoms with Gasteiger partial charge in [0, 0.05) is 28.9 Å². The van der Waals surface area contributed by atoms with E-state index in [0.29, 0.717) is 16.7 Å². The maximum absolute atomic E-state index is 12.5. The first-order valence-corrected chi connectivity index (χ1v) is 9.39. The van der Waals surface area contributed by atoms with Gasteiger partial charge in [0.15, 0.2) is 0 Å². The van der Waals surface area contributed by atoms with Crippen molar-refractivity contribution in [2.24, 2.45) is 0 Å². The number of hydrogen-bond acceptors (Lipinski definition) is 5. The zero-order valence-electron chi connectivity index (χ0n) is 16.2. The first-order valence-electron chi connectivity index (χ1n) is 9.39. The highest BCUT2D eigenvalue weighted by atomic mass is 16.5. The molecule has 6 heteroatoms. The molecule has 0 bridgehead atoms. The molecular weight excluding hydrogens is 368 g/mol. The molecule has 2 heterocycles. The summed E-state index contributed by atoms with van der Waals surface area (Å²) in [5, 5.41) is 5.01. The monoisotopic (exact) mass is 388 g/mol. The van der Waals surface area contributed by atoms with Crippen molar-refractivity contribution in [3.8, 4) is 5.69 Å². The van der Waals surface area contributed by atoms with Crippen molar-refractivity contribution in [3.63, 3.8) is 0 Å². The fourth-order valence-corrected chi connectivity index (χ4v) is 3.22. The maximum Gasteiger partial charge on any atom is 0.338 e. The van der Waals surface area contributed by atoms with E-state index in [1.54, 1.807) is 23.0 Å². The number of nitrogens with zero attached hydrogens (tertiary/aromatic N) is 2. The third-order valence-corrected chi connectivity index (χ3v) is 4.84. The molecule has 4 rings (SSSR count). The number of esters is 1. The Labute approximate surface area is 167 Å².